The third kappa shape index (κ3) is 6.48. The molecule has 0 fully saturated rings. The first kappa shape index (κ1) is 25.1. The first-order valence-electron chi connectivity index (χ1n) is 10.8. The van der Waals surface area contributed by atoms with Gasteiger partial charge in [0.1, 0.15) is 5.69 Å². The van der Waals surface area contributed by atoms with Gasteiger partial charge in [0, 0.05) is 37.0 Å². The molecule has 35 heavy (non-hydrogen) atoms. The van der Waals surface area contributed by atoms with Gasteiger partial charge in [0.15, 0.2) is 18.1 Å². The van der Waals surface area contributed by atoms with Gasteiger partial charge in [-0.05, 0) is 36.4 Å². The van der Waals surface area contributed by atoms with Crippen LogP contribution in [0.3, 0.4) is 0 Å². The van der Waals surface area contributed by atoms with Crippen molar-refractivity contribution in [2.24, 2.45) is 0 Å². The number of aromatic nitrogens is 2. The first-order valence-corrected chi connectivity index (χ1v) is 10.8. The molecule has 1 heterocycles. The number of likely N-dealkylation sites (N-methyl/N-ethyl adjacent to an activating group) is 1. The second kappa shape index (κ2) is 12.0. The number of methoxy groups -OCH3 is 2. The molecule has 0 aliphatic rings. The lowest BCUT2D eigenvalue weighted by molar-refractivity contribution is -0.147. The van der Waals surface area contributed by atoms with E-state index < -0.39 is 12.6 Å². The van der Waals surface area contributed by atoms with Crippen molar-refractivity contribution in [2.75, 3.05) is 34.4 Å². The molecule has 0 aliphatic carbocycles. The van der Waals surface area contributed by atoms with Crippen molar-refractivity contribution in [2.45, 2.75) is 6.42 Å². The standard InChI is InChI=1S/C26H26N4O5/c1-29(15-7-14-27)24(31)18-35-25(32)13-11-20-17-30(21-8-5-4-6-9-21)28-26(20)19-10-12-22(33-2)23(16-19)34-3/h4-6,8-13,16-17H,7,15,18H2,1-3H3/b13-11+. The van der Waals surface area contributed by atoms with Crippen LogP contribution in [0.1, 0.15) is 12.0 Å². The molecule has 3 aromatic rings. The van der Waals surface area contributed by atoms with Crippen molar-refractivity contribution in [3.8, 4) is 34.5 Å². The molecule has 3 rings (SSSR count). The molecule has 2 aromatic carbocycles. The average molecular weight is 475 g/mol. The molecule has 9 heteroatoms. The second-order valence-corrected chi connectivity index (χ2v) is 7.45. The first-order chi connectivity index (χ1) is 17.0. The van der Waals surface area contributed by atoms with Gasteiger partial charge in [-0.1, -0.05) is 18.2 Å². The monoisotopic (exact) mass is 474 g/mol. The summed E-state index contributed by atoms with van der Waals surface area (Å²) >= 11 is 0. The molecule has 0 N–H and O–H groups in total. The van der Waals surface area contributed by atoms with Crippen LogP contribution >= 0.6 is 0 Å². The minimum absolute atomic E-state index is 0.209. The van der Waals surface area contributed by atoms with Gasteiger partial charge in [-0.2, -0.15) is 10.4 Å². The van der Waals surface area contributed by atoms with Crippen LogP contribution in [-0.4, -0.2) is 61.0 Å². The maximum atomic E-state index is 12.3. The number of esters is 1. The van der Waals surface area contributed by atoms with Crippen molar-refractivity contribution < 1.29 is 23.8 Å². The van der Waals surface area contributed by atoms with Crippen LogP contribution in [0.2, 0.25) is 0 Å². The Morgan fingerprint density at radius 1 is 1.11 bits per heavy atom. The maximum absolute atomic E-state index is 12.3. The number of carbonyl (C=O) groups excluding carboxylic acids is 2. The summed E-state index contributed by atoms with van der Waals surface area (Å²) in [6.45, 7) is -0.132. The molecular formula is C26H26N4O5. The van der Waals surface area contributed by atoms with Crippen molar-refractivity contribution >= 4 is 18.0 Å². The molecule has 0 saturated carbocycles. The highest BCUT2D eigenvalue weighted by molar-refractivity contribution is 5.90. The van der Waals surface area contributed by atoms with Gasteiger partial charge >= 0.3 is 5.97 Å². The van der Waals surface area contributed by atoms with Crippen LogP contribution in [0.25, 0.3) is 23.0 Å². The molecule has 0 bridgehead atoms. The quantitative estimate of drug-likeness (QED) is 0.327. The molecule has 9 nitrogen and oxygen atoms in total. The summed E-state index contributed by atoms with van der Waals surface area (Å²) in [5.41, 5.74) is 2.89. The number of carbonyl (C=O) groups is 2. The summed E-state index contributed by atoms with van der Waals surface area (Å²) in [7, 11) is 4.67. The molecule has 1 aromatic heterocycles. The zero-order valence-corrected chi connectivity index (χ0v) is 19.8. The van der Waals surface area contributed by atoms with Gasteiger partial charge in [0.05, 0.1) is 32.4 Å². The van der Waals surface area contributed by atoms with Gasteiger partial charge < -0.3 is 19.1 Å². The Labute approximate surface area is 203 Å². The van der Waals surface area contributed by atoms with Gasteiger partial charge in [-0.15, -0.1) is 0 Å². The second-order valence-electron chi connectivity index (χ2n) is 7.45. The Hall–Kier alpha value is -4.58. The van der Waals surface area contributed by atoms with E-state index in [1.165, 1.54) is 11.0 Å². The molecular weight excluding hydrogens is 448 g/mol. The SMILES string of the molecule is COc1ccc(-c2nn(-c3ccccc3)cc2/C=C/C(=O)OCC(=O)N(C)CCC#N)cc1OC. The summed E-state index contributed by atoms with van der Waals surface area (Å²) in [4.78, 5) is 25.6. The summed E-state index contributed by atoms with van der Waals surface area (Å²) in [5.74, 6) is 0.0825. The summed E-state index contributed by atoms with van der Waals surface area (Å²) in [6, 6.07) is 17.0. The van der Waals surface area contributed by atoms with E-state index in [4.69, 9.17) is 24.6 Å². The minimum atomic E-state index is -0.669. The zero-order valence-electron chi connectivity index (χ0n) is 19.8. The van der Waals surface area contributed by atoms with Crippen molar-refractivity contribution in [1.82, 2.24) is 14.7 Å². The summed E-state index contributed by atoms with van der Waals surface area (Å²) in [6.07, 6.45) is 4.84. The maximum Gasteiger partial charge on any atom is 0.331 e. The van der Waals surface area contributed by atoms with Gasteiger partial charge in [-0.3, -0.25) is 4.79 Å². The van der Waals surface area contributed by atoms with Crippen LogP contribution in [0.4, 0.5) is 0 Å². The van der Waals surface area contributed by atoms with E-state index in [2.05, 4.69) is 0 Å². The molecule has 0 saturated heterocycles. The van der Waals surface area contributed by atoms with E-state index in [0.717, 1.165) is 11.3 Å². The van der Waals surface area contributed by atoms with Crippen molar-refractivity contribution in [3.63, 3.8) is 0 Å². The fraction of sp³-hybridized carbons (Fsp3) is 0.231. The smallest absolute Gasteiger partial charge is 0.331 e. The topological polar surface area (TPSA) is 107 Å². The van der Waals surface area contributed by atoms with E-state index in [-0.39, 0.29) is 18.9 Å². The Kier molecular flexibility index (Phi) is 8.62. The van der Waals surface area contributed by atoms with E-state index in [1.807, 2.05) is 48.5 Å². The predicted octanol–water partition coefficient (Wildman–Crippen LogP) is 3.48. The summed E-state index contributed by atoms with van der Waals surface area (Å²) in [5, 5.41) is 13.3. The van der Waals surface area contributed by atoms with Crippen molar-refractivity contribution in [3.05, 3.63) is 66.4 Å². The minimum Gasteiger partial charge on any atom is -0.493 e. The Morgan fingerprint density at radius 3 is 2.54 bits per heavy atom. The average Bonchev–Trinajstić information content (AvgIpc) is 3.33. The number of hydrogen-bond acceptors (Lipinski definition) is 7. The molecule has 0 aliphatic heterocycles. The molecule has 0 spiro atoms. The van der Waals surface area contributed by atoms with E-state index in [1.54, 1.807) is 44.3 Å². The Morgan fingerprint density at radius 2 is 1.86 bits per heavy atom. The fourth-order valence-electron chi connectivity index (χ4n) is 3.22. The van der Waals surface area contributed by atoms with Crippen LogP contribution in [0.15, 0.2) is 60.8 Å². The van der Waals surface area contributed by atoms with Gasteiger partial charge in [-0.25, -0.2) is 9.48 Å². The number of rotatable bonds is 10. The van der Waals surface area contributed by atoms with E-state index in [9.17, 15) is 9.59 Å². The van der Waals surface area contributed by atoms with Crippen LogP contribution in [-0.2, 0) is 14.3 Å². The molecule has 180 valence electrons. The zero-order chi connectivity index (χ0) is 25.2. The Bertz CT molecular complexity index is 1240. The number of amides is 1. The van der Waals surface area contributed by atoms with Gasteiger partial charge in [0.25, 0.3) is 5.91 Å². The highest BCUT2D eigenvalue weighted by Gasteiger charge is 2.15. The summed E-state index contributed by atoms with van der Waals surface area (Å²) < 4.78 is 17.5. The lowest BCUT2D eigenvalue weighted by atomic mass is 10.1. The van der Waals surface area contributed by atoms with Crippen molar-refractivity contribution in [1.29, 1.82) is 5.26 Å². The highest BCUT2D eigenvalue weighted by Crippen LogP contribution is 2.33. The van der Waals surface area contributed by atoms with Crippen LogP contribution < -0.4 is 9.47 Å². The molecule has 0 atom stereocenters. The lowest BCUT2D eigenvalue weighted by Crippen LogP contribution is -2.31. The fourth-order valence-corrected chi connectivity index (χ4v) is 3.22. The number of ether oxygens (including phenoxy) is 3. The largest absolute Gasteiger partial charge is 0.493 e. The highest BCUT2D eigenvalue weighted by atomic mass is 16.5. The molecule has 1 amide bonds. The lowest BCUT2D eigenvalue weighted by Gasteiger charge is -2.14. The van der Waals surface area contributed by atoms with Crippen LogP contribution in [0, 0.1) is 11.3 Å². The predicted molar refractivity (Wildman–Crippen MR) is 130 cm³/mol. The van der Waals surface area contributed by atoms with E-state index in [0.29, 0.717) is 22.8 Å². The Balaban J connectivity index is 1.85. The van der Waals surface area contributed by atoms with Crippen LogP contribution in [0.5, 0.6) is 11.5 Å². The number of benzene rings is 2. The normalized spacial score (nSPS) is 10.6. The molecule has 0 unspecified atom stereocenters. The number of para-hydroxylation sites is 1. The third-order valence-electron chi connectivity index (χ3n) is 5.14. The molecule has 0 radical (unpaired) electrons. The van der Waals surface area contributed by atoms with E-state index >= 15 is 0 Å². The number of nitrogens with zero attached hydrogens (tertiary/aromatic N) is 4. The number of hydrogen-bond donors (Lipinski definition) is 0. The van der Waals surface area contributed by atoms with Gasteiger partial charge in [0.2, 0.25) is 0 Å². The number of nitriles is 1. The third-order valence-corrected chi connectivity index (χ3v) is 5.14.